The van der Waals surface area contributed by atoms with Crippen LogP contribution in [0.5, 0.6) is 0 Å². The van der Waals surface area contributed by atoms with E-state index in [1.807, 2.05) is 36.4 Å². The summed E-state index contributed by atoms with van der Waals surface area (Å²) in [6.07, 6.45) is 3.61. The van der Waals surface area contributed by atoms with Gasteiger partial charge in [0.05, 0.1) is 21.1 Å². The van der Waals surface area contributed by atoms with Gasteiger partial charge >= 0.3 is 0 Å². The van der Waals surface area contributed by atoms with Crippen molar-refractivity contribution in [3.63, 3.8) is 0 Å². The number of para-hydroxylation sites is 2. The highest BCUT2D eigenvalue weighted by molar-refractivity contribution is 6.42. The Bertz CT molecular complexity index is 1250. The molecule has 3 aromatic carbocycles. The Morgan fingerprint density at radius 2 is 1.73 bits per heavy atom. The Balaban J connectivity index is 1.33. The number of aryl methyl sites for hydroxylation is 1. The number of aromatic nitrogens is 2. The Morgan fingerprint density at radius 1 is 0.939 bits per heavy atom. The summed E-state index contributed by atoms with van der Waals surface area (Å²) in [6.45, 7) is 1.25. The molecular weight excluding hydrogens is 460 g/mol. The average Bonchev–Trinajstić information content (AvgIpc) is 3.16. The van der Waals surface area contributed by atoms with Crippen molar-refractivity contribution in [2.45, 2.75) is 32.2 Å². The van der Waals surface area contributed by atoms with Crippen molar-refractivity contribution in [3.05, 3.63) is 99.5 Å². The minimum absolute atomic E-state index is 0.182. The normalized spacial score (nSPS) is 11.1. The van der Waals surface area contributed by atoms with Gasteiger partial charge in [-0.2, -0.15) is 0 Å². The van der Waals surface area contributed by atoms with Gasteiger partial charge in [0.15, 0.2) is 0 Å². The molecule has 0 spiro atoms. The number of hydrogen-bond acceptors (Lipinski definition) is 2. The van der Waals surface area contributed by atoms with Crippen molar-refractivity contribution in [3.8, 4) is 0 Å². The van der Waals surface area contributed by atoms with Crippen LogP contribution < -0.4 is 5.32 Å². The monoisotopic (exact) mass is 483 g/mol. The van der Waals surface area contributed by atoms with Crippen LogP contribution in [0, 0.1) is 5.82 Å². The van der Waals surface area contributed by atoms with Crippen LogP contribution in [0.4, 0.5) is 4.39 Å². The first-order valence-electron chi connectivity index (χ1n) is 10.9. The molecule has 0 radical (unpaired) electrons. The molecule has 0 atom stereocenters. The van der Waals surface area contributed by atoms with E-state index in [0.717, 1.165) is 48.1 Å². The molecule has 1 heterocycles. The molecule has 4 rings (SSSR count). The van der Waals surface area contributed by atoms with E-state index >= 15 is 0 Å². The first-order chi connectivity index (χ1) is 16.0. The molecule has 4 aromatic rings. The molecule has 4 nitrogen and oxygen atoms in total. The van der Waals surface area contributed by atoms with Crippen LogP contribution in [0.25, 0.3) is 11.0 Å². The highest BCUT2D eigenvalue weighted by atomic mass is 35.5. The van der Waals surface area contributed by atoms with Gasteiger partial charge in [-0.1, -0.05) is 47.8 Å². The minimum Gasteiger partial charge on any atom is -0.352 e. The number of hydrogen-bond donors (Lipinski definition) is 1. The summed E-state index contributed by atoms with van der Waals surface area (Å²) in [5.41, 5.74) is 3.59. The van der Waals surface area contributed by atoms with Gasteiger partial charge in [-0.15, -0.1) is 0 Å². The molecule has 170 valence electrons. The second-order valence-electron chi connectivity index (χ2n) is 7.92. The number of benzene rings is 3. The third-order valence-corrected chi connectivity index (χ3v) is 6.27. The SMILES string of the molecule is O=C(NCCCCCc1nc2ccccc2n1Cc1ccc(Cl)c(Cl)c1)c1ccc(F)cc1. The number of imidazole rings is 1. The van der Waals surface area contributed by atoms with Gasteiger partial charge < -0.3 is 9.88 Å². The molecule has 1 aromatic heterocycles. The maximum Gasteiger partial charge on any atom is 0.251 e. The van der Waals surface area contributed by atoms with Gasteiger partial charge in [0, 0.05) is 25.1 Å². The smallest absolute Gasteiger partial charge is 0.251 e. The van der Waals surface area contributed by atoms with Crippen LogP contribution in [0.3, 0.4) is 0 Å². The van der Waals surface area contributed by atoms with Gasteiger partial charge in [-0.3, -0.25) is 4.79 Å². The average molecular weight is 484 g/mol. The summed E-state index contributed by atoms with van der Waals surface area (Å²) in [4.78, 5) is 17.0. The number of nitrogens with one attached hydrogen (secondary N) is 1. The molecule has 7 heteroatoms. The van der Waals surface area contributed by atoms with Crippen molar-refractivity contribution < 1.29 is 9.18 Å². The number of carbonyl (C=O) groups is 1. The lowest BCUT2D eigenvalue weighted by atomic mass is 10.1. The lowest BCUT2D eigenvalue weighted by Gasteiger charge is -2.11. The molecule has 0 fully saturated rings. The van der Waals surface area contributed by atoms with Crippen molar-refractivity contribution in [2.75, 3.05) is 6.54 Å². The first-order valence-corrected chi connectivity index (χ1v) is 11.7. The second kappa shape index (κ2) is 10.8. The molecule has 0 saturated heterocycles. The summed E-state index contributed by atoms with van der Waals surface area (Å²) in [7, 11) is 0. The number of carbonyl (C=O) groups excluding carboxylic acids is 1. The van der Waals surface area contributed by atoms with Gasteiger partial charge in [-0.25, -0.2) is 9.37 Å². The summed E-state index contributed by atoms with van der Waals surface area (Å²) in [6, 6.07) is 19.4. The number of rotatable bonds is 9. The number of halogens is 3. The summed E-state index contributed by atoms with van der Waals surface area (Å²) < 4.78 is 15.2. The number of unbranched alkanes of at least 4 members (excludes halogenated alkanes) is 2. The maximum absolute atomic E-state index is 13.0. The van der Waals surface area contributed by atoms with Crippen LogP contribution in [-0.4, -0.2) is 22.0 Å². The third kappa shape index (κ3) is 5.92. The van der Waals surface area contributed by atoms with Gasteiger partial charge in [0.1, 0.15) is 11.6 Å². The third-order valence-electron chi connectivity index (χ3n) is 5.53. The van der Waals surface area contributed by atoms with Crippen molar-refractivity contribution in [1.82, 2.24) is 14.9 Å². The number of fused-ring (bicyclic) bond motifs is 1. The Hall–Kier alpha value is -2.89. The predicted octanol–water partition coefficient (Wildman–Crippen LogP) is 6.67. The Morgan fingerprint density at radius 3 is 2.52 bits per heavy atom. The quantitative estimate of drug-likeness (QED) is 0.270. The summed E-state index contributed by atoms with van der Waals surface area (Å²) in [5.74, 6) is 0.493. The summed E-state index contributed by atoms with van der Waals surface area (Å²) >= 11 is 12.3. The van der Waals surface area contributed by atoms with Crippen LogP contribution in [0.1, 0.15) is 41.0 Å². The first kappa shape index (κ1) is 23.3. The van der Waals surface area contributed by atoms with E-state index < -0.39 is 0 Å². The fourth-order valence-electron chi connectivity index (χ4n) is 3.80. The standard InChI is InChI=1S/C26H24Cl2FN3O/c27-21-14-9-18(16-22(21)28)17-32-24-7-4-3-6-23(24)31-25(32)8-2-1-5-15-30-26(33)19-10-12-20(29)13-11-19/h3-4,6-7,9-14,16H,1-2,5,8,15,17H2,(H,30,33). The lowest BCUT2D eigenvalue weighted by molar-refractivity contribution is 0.0953. The highest BCUT2D eigenvalue weighted by Gasteiger charge is 2.12. The van der Waals surface area contributed by atoms with Crippen LogP contribution in [0.15, 0.2) is 66.7 Å². The lowest BCUT2D eigenvalue weighted by Crippen LogP contribution is -2.24. The molecule has 0 aliphatic heterocycles. The maximum atomic E-state index is 13.0. The van der Waals surface area contributed by atoms with E-state index in [2.05, 4.69) is 16.0 Å². The van der Waals surface area contributed by atoms with Gasteiger partial charge in [0.2, 0.25) is 0 Å². The number of amides is 1. The zero-order chi connectivity index (χ0) is 23.2. The van der Waals surface area contributed by atoms with E-state index in [-0.39, 0.29) is 11.7 Å². The molecular formula is C26H24Cl2FN3O. The van der Waals surface area contributed by atoms with Gasteiger partial charge in [-0.05, 0) is 66.9 Å². The molecule has 0 bridgehead atoms. The second-order valence-corrected chi connectivity index (χ2v) is 8.74. The topological polar surface area (TPSA) is 46.9 Å². The summed E-state index contributed by atoms with van der Waals surface area (Å²) in [5, 5.41) is 3.98. The molecule has 0 aliphatic carbocycles. The zero-order valence-electron chi connectivity index (χ0n) is 18.0. The molecule has 1 N–H and O–H groups in total. The van der Waals surface area contributed by atoms with E-state index in [1.165, 1.54) is 24.3 Å². The van der Waals surface area contributed by atoms with E-state index in [9.17, 15) is 9.18 Å². The van der Waals surface area contributed by atoms with E-state index in [0.29, 0.717) is 28.7 Å². The molecule has 0 aliphatic rings. The fourth-order valence-corrected chi connectivity index (χ4v) is 4.12. The molecule has 0 unspecified atom stereocenters. The van der Waals surface area contributed by atoms with E-state index in [1.54, 1.807) is 0 Å². The van der Waals surface area contributed by atoms with Crippen LogP contribution in [0.2, 0.25) is 10.0 Å². The highest BCUT2D eigenvalue weighted by Crippen LogP contribution is 2.25. The number of nitrogens with zero attached hydrogens (tertiary/aromatic N) is 2. The van der Waals surface area contributed by atoms with Gasteiger partial charge in [0.25, 0.3) is 5.91 Å². The fraction of sp³-hybridized carbons (Fsp3) is 0.231. The molecule has 1 amide bonds. The Labute approximate surface area is 202 Å². The van der Waals surface area contributed by atoms with Crippen molar-refractivity contribution >= 4 is 40.1 Å². The largest absolute Gasteiger partial charge is 0.352 e. The predicted molar refractivity (Wildman–Crippen MR) is 132 cm³/mol. The van der Waals surface area contributed by atoms with Crippen LogP contribution >= 0.6 is 23.2 Å². The van der Waals surface area contributed by atoms with Crippen LogP contribution in [-0.2, 0) is 13.0 Å². The van der Waals surface area contributed by atoms with E-state index in [4.69, 9.17) is 28.2 Å². The van der Waals surface area contributed by atoms with Crippen molar-refractivity contribution in [1.29, 1.82) is 0 Å². The molecule has 0 saturated carbocycles. The minimum atomic E-state index is -0.350. The zero-order valence-corrected chi connectivity index (χ0v) is 19.5. The Kier molecular flexibility index (Phi) is 7.63. The molecule has 33 heavy (non-hydrogen) atoms. The van der Waals surface area contributed by atoms with Crippen molar-refractivity contribution in [2.24, 2.45) is 0 Å².